The number of nitrogens with zero attached hydrogens (tertiary/aromatic N) is 2. The molecule has 2 rings (SSSR count). The van der Waals surface area contributed by atoms with Crippen LogP contribution in [0.15, 0.2) is 10.9 Å². The van der Waals surface area contributed by atoms with Gasteiger partial charge in [0.25, 0.3) is 0 Å². The molecule has 0 amide bonds. The van der Waals surface area contributed by atoms with Crippen LogP contribution in [0.5, 0.6) is 5.75 Å². The van der Waals surface area contributed by atoms with Crippen molar-refractivity contribution in [2.24, 2.45) is 5.92 Å². The molecule has 5 heteroatoms. The molecule has 2 N–H and O–H groups in total. The Bertz CT molecular complexity index is 546. The lowest BCUT2D eigenvalue weighted by atomic mass is 10.1. The highest BCUT2D eigenvalue weighted by Gasteiger charge is 2.19. The maximum Gasteiger partial charge on any atom is 0.223 e. The molecule has 0 radical (unpaired) electrons. The zero-order valence-corrected chi connectivity index (χ0v) is 13.7. The summed E-state index contributed by atoms with van der Waals surface area (Å²) in [5.41, 5.74) is 0.853. The highest BCUT2D eigenvalue weighted by atomic mass is 16.3. The van der Waals surface area contributed by atoms with Gasteiger partial charge in [0.05, 0.1) is 12.3 Å². The smallest absolute Gasteiger partial charge is 0.223 e. The van der Waals surface area contributed by atoms with Gasteiger partial charge in [0.15, 0.2) is 5.75 Å². The zero-order chi connectivity index (χ0) is 16.1. The van der Waals surface area contributed by atoms with E-state index < -0.39 is 5.43 Å². The standard InChI is InChI=1S/C17H28N2O3/c1-13(2)6-9-19-14(12-20)10-16(21)17(22)15(19)11-18-7-4-3-5-8-18/h10,13,20,22H,3-9,11-12H2,1-2H3. The van der Waals surface area contributed by atoms with Crippen molar-refractivity contribution in [3.05, 3.63) is 27.7 Å². The third kappa shape index (κ3) is 4.11. The number of aromatic hydroxyl groups is 1. The van der Waals surface area contributed by atoms with Crippen LogP contribution in [-0.4, -0.2) is 32.8 Å². The lowest BCUT2D eigenvalue weighted by molar-refractivity contribution is 0.208. The van der Waals surface area contributed by atoms with E-state index in [1.54, 1.807) is 0 Å². The maximum atomic E-state index is 12.0. The quantitative estimate of drug-likeness (QED) is 0.844. The Labute approximate surface area is 132 Å². The van der Waals surface area contributed by atoms with Crippen molar-refractivity contribution in [1.29, 1.82) is 0 Å². The molecule has 0 aromatic carbocycles. The molecule has 1 aromatic rings. The first-order chi connectivity index (χ1) is 10.5. The summed E-state index contributed by atoms with van der Waals surface area (Å²) in [5.74, 6) is 0.363. The second-order valence-electron chi connectivity index (χ2n) is 6.62. The number of rotatable bonds is 6. The minimum Gasteiger partial charge on any atom is -0.503 e. The number of pyridine rings is 1. The van der Waals surface area contributed by atoms with Gasteiger partial charge in [-0.05, 0) is 38.3 Å². The molecule has 0 spiro atoms. The number of likely N-dealkylation sites (tertiary alicyclic amines) is 1. The van der Waals surface area contributed by atoms with E-state index in [9.17, 15) is 15.0 Å². The second-order valence-corrected chi connectivity index (χ2v) is 6.62. The SMILES string of the molecule is CC(C)CCn1c(CO)cc(=O)c(O)c1CN1CCCCC1. The van der Waals surface area contributed by atoms with Crippen molar-refractivity contribution in [3.8, 4) is 5.75 Å². The summed E-state index contributed by atoms with van der Waals surface area (Å²) >= 11 is 0. The van der Waals surface area contributed by atoms with Crippen molar-refractivity contribution >= 4 is 0 Å². The topological polar surface area (TPSA) is 65.7 Å². The highest BCUT2D eigenvalue weighted by molar-refractivity contribution is 5.30. The molecule has 1 aliphatic rings. The van der Waals surface area contributed by atoms with Gasteiger partial charge in [-0.1, -0.05) is 20.3 Å². The Morgan fingerprint density at radius 2 is 1.91 bits per heavy atom. The van der Waals surface area contributed by atoms with Crippen LogP contribution in [0.3, 0.4) is 0 Å². The van der Waals surface area contributed by atoms with Gasteiger partial charge in [-0.25, -0.2) is 0 Å². The summed E-state index contributed by atoms with van der Waals surface area (Å²) in [4.78, 5) is 14.2. The molecule has 0 aliphatic carbocycles. The molecule has 0 bridgehead atoms. The Balaban J connectivity index is 2.33. The Hall–Kier alpha value is -1.33. The molecular weight excluding hydrogens is 280 g/mol. The molecule has 1 aliphatic heterocycles. The fourth-order valence-electron chi connectivity index (χ4n) is 3.03. The van der Waals surface area contributed by atoms with Crippen molar-refractivity contribution in [3.63, 3.8) is 0 Å². The molecule has 22 heavy (non-hydrogen) atoms. The predicted octanol–water partition coefficient (Wildman–Crippen LogP) is 2.08. The van der Waals surface area contributed by atoms with Crippen LogP contribution in [0.1, 0.15) is 50.9 Å². The van der Waals surface area contributed by atoms with Crippen molar-refractivity contribution in [2.45, 2.75) is 59.2 Å². The normalized spacial score (nSPS) is 16.4. The first-order valence-electron chi connectivity index (χ1n) is 8.30. The number of hydrogen-bond acceptors (Lipinski definition) is 4. The van der Waals surface area contributed by atoms with Gasteiger partial charge in [0.2, 0.25) is 5.43 Å². The third-order valence-corrected chi connectivity index (χ3v) is 4.39. The summed E-state index contributed by atoms with van der Waals surface area (Å²) in [6.45, 7) is 7.40. The zero-order valence-electron chi connectivity index (χ0n) is 13.7. The van der Waals surface area contributed by atoms with Crippen LogP contribution in [0.2, 0.25) is 0 Å². The van der Waals surface area contributed by atoms with Crippen LogP contribution in [0.4, 0.5) is 0 Å². The summed E-state index contributed by atoms with van der Waals surface area (Å²) in [7, 11) is 0. The molecule has 1 aromatic heterocycles. The molecule has 0 atom stereocenters. The largest absolute Gasteiger partial charge is 0.503 e. The monoisotopic (exact) mass is 308 g/mol. The van der Waals surface area contributed by atoms with Gasteiger partial charge in [0.1, 0.15) is 0 Å². The number of hydrogen-bond donors (Lipinski definition) is 2. The lowest BCUT2D eigenvalue weighted by Gasteiger charge is -2.29. The van der Waals surface area contributed by atoms with E-state index >= 15 is 0 Å². The summed E-state index contributed by atoms with van der Waals surface area (Å²) in [5, 5.41) is 19.8. The van der Waals surface area contributed by atoms with Gasteiger partial charge in [-0.3, -0.25) is 9.69 Å². The lowest BCUT2D eigenvalue weighted by Crippen LogP contribution is -2.32. The number of aliphatic hydroxyl groups excluding tert-OH is 1. The summed E-state index contributed by atoms with van der Waals surface area (Å²) in [6, 6.07) is 1.36. The molecule has 0 saturated carbocycles. The van der Waals surface area contributed by atoms with E-state index in [-0.39, 0.29) is 12.4 Å². The fraction of sp³-hybridized carbons (Fsp3) is 0.706. The van der Waals surface area contributed by atoms with Crippen molar-refractivity contribution < 1.29 is 10.2 Å². The van der Waals surface area contributed by atoms with E-state index in [1.807, 2.05) is 4.57 Å². The molecular formula is C17H28N2O3. The van der Waals surface area contributed by atoms with Gasteiger partial charge in [0, 0.05) is 24.8 Å². The first kappa shape index (κ1) is 17.0. The van der Waals surface area contributed by atoms with Gasteiger partial charge < -0.3 is 14.8 Å². The van der Waals surface area contributed by atoms with Gasteiger partial charge in [-0.15, -0.1) is 0 Å². The van der Waals surface area contributed by atoms with Gasteiger partial charge in [-0.2, -0.15) is 0 Å². The molecule has 1 fully saturated rings. The van der Waals surface area contributed by atoms with Crippen molar-refractivity contribution in [1.82, 2.24) is 9.47 Å². The van der Waals surface area contributed by atoms with Crippen LogP contribution < -0.4 is 5.43 Å². The van der Waals surface area contributed by atoms with Crippen LogP contribution in [0, 0.1) is 5.92 Å². The Morgan fingerprint density at radius 3 is 2.50 bits per heavy atom. The predicted molar refractivity (Wildman–Crippen MR) is 86.9 cm³/mol. The molecule has 0 unspecified atom stereocenters. The molecule has 124 valence electrons. The molecule has 1 saturated heterocycles. The van der Waals surface area contributed by atoms with Crippen LogP contribution in [-0.2, 0) is 19.7 Å². The summed E-state index contributed by atoms with van der Waals surface area (Å²) in [6.07, 6.45) is 4.52. The highest BCUT2D eigenvalue weighted by Crippen LogP contribution is 2.21. The molecule has 2 heterocycles. The van der Waals surface area contributed by atoms with Crippen LogP contribution >= 0.6 is 0 Å². The van der Waals surface area contributed by atoms with Gasteiger partial charge >= 0.3 is 0 Å². The Kier molecular flexibility index (Phi) is 6.03. The minimum atomic E-state index is -0.392. The molecule has 5 nitrogen and oxygen atoms in total. The minimum absolute atomic E-state index is 0.161. The van der Waals surface area contributed by atoms with E-state index in [2.05, 4.69) is 18.7 Å². The van der Waals surface area contributed by atoms with E-state index in [4.69, 9.17) is 0 Å². The number of piperidine rings is 1. The van der Waals surface area contributed by atoms with Crippen LogP contribution in [0.25, 0.3) is 0 Å². The fourth-order valence-corrected chi connectivity index (χ4v) is 3.03. The van der Waals surface area contributed by atoms with Crippen molar-refractivity contribution in [2.75, 3.05) is 13.1 Å². The Morgan fingerprint density at radius 1 is 1.23 bits per heavy atom. The maximum absolute atomic E-state index is 12.0. The van der Waals surface area contributed by atoms with E-state index in [0.717, 1.165) is 32.4 Å². The number of aliphatic hydroxyl groups is 1. The number of aromatic nitrogens is 1. The first-order valence-corrected chi connectivity index (χ1v) is 8.30. The average Bonchev–Trinajstić information content (AvgIpc) is 2.51. The second kappa shape index (κ2) is 7.79. The summed E-state index contributed by atoms with van der Waals surface area (Å²) < 4.78 is 1.94. The third-order valence-electron chi connectivity index (χ3n) is 4.39. The van der Waals surface area contributed by atoms with E-state index in [1.165, 1.54) is 12.5 Å². The average molecular weight is 308 g/mol. The van der Waals surface area contributed by atoms with E-state index in [0.29, 0.717) is 30.4 Å².